The van der Waals surface area contributed by atoms with Crippen LogP contribution in [-0.2, 0) is 4.79 Å². The van der Waals surface area contributed by atoms with Gasteiger partial charge in [-0.2, -0.15) is 0 Å². The van der Waals surface area contributed by atoms with E-state index in [1.54, 1.807) is 30.3 Å². The quantitative estimate of drug-likeness (QED) is 0.698. The van der Waals surface area contributed by atoms with Crippen molar-refractivity contribution in [3.05, 3.63) is 54.0 Å². The zero-order valence-corrected chi connectivity index (χ0v) is 15.3. The highest BCUT2D eigenvalue weighted by Gasteiger charge is 2.26. The van der Waals surface area contributed by atoms with Crippen molar-refractivity contribution in [2.24, 2.45) is 5.92 Å². The van der Waals surface area contributed by atoms with Crippen molar-refractivity contribution in [1.29, 1.82) is 0 Å². The number of rotatable bonds is 7. The Balaban J connectivity index is 1.61. The monoisotopic (exact) mass is 369 g/mol. The third kappa shape index (κ3) is 4.97. The van der Waals surface area contributed by atoms with Crippen molar-refractivity contribution < 1.29 is 18.8 Å². The summed E-state index contributed by atoms with van der Waals surface area (Å²) in [5.74, 6) is -0.853. The molecule has 1 saturated carbocycles. The molecule has 1 aliphatic carbocycles. The molecule has 142 valence electrons. The Hall–Kier alpha value is -3.09. The molecule has 2 aromatic rings. The van der Waals surface area contributed by atoms with Crippen LogP contribution in [0.25, 0.3) is 0 Å². The van der Waals surface area contributed by atoms with Crippen LogP contribution >= 0.6 is 0 Å². The molecule has 7 heteroatoms. The summed E-state index contributed by atoms with van der Waals surface area (Å²) in [7, 11) is 0. The van der Waals surface area contributed by atoms with E-state index in [1.807, 2.05) is 13.8 Å². The zero-order valence-electron chi connectivity index (χ0n) is 15.3. The molecule has 1 aromatic carbocycles. The summed E-state index contributed by atoms with van der Waals surface area (Å²) in [5.41, 5.74) is 1.10. The van der Waals surface area contributed by atoms with Gasteiger partial charge in [-0.05, 0) is 55.2 Å². The van der Waals surface area contributed by atoms with E-state index >= 15 is 0 Å². The molecule has 27 heavy (non-hydrogen) atoms. The first-order valence-corrected chi connectivity index (χ1v) is 9.00. The zero-order chi connectivity index (χ0) is 19.4. The summed E-state index contributed by atoms with van der Waals surface area (Å²) >= 11 is 0. The lowest BCUT2D eigenvalue weighted by Gasteiger charge is -2.21. The molecular weight excluding hydrogens is 346 g/mol. The minimum absolute atomic E-state index is 0.110. The van der Waals surface area contributed by atoms with Gasteiger partial charge in [0.2, 0.25) is 5.91 Å². The molecule has 0 spiro atoms. The Labute approximate surface area is 157 Å². The molecule has 3 N–H and O–H groups in total. The summed E-state index contributed by atoms with van der Waals surface area (Å²) < 4.78 is 5.06. The second kappa shape index (κ2) is 8.07. The van der Waals surface area contributed by atoms with Crippen molar-refractivity contribution in [3.8, 4) is 0 Å². The normalized spacial score (nSPS) is 14.5. The number of amides is 3. The Bertz CT molecular complexity index is 808. The maximum Gasteiger partial charge on any atom is 0.287 e. The number of benzene rings is 1. The van der Waals surface area contributed by atoms with Gasteiger partial charge in [0.05, 0.1) is 6.26 Å². The number of carbonyl (C=O) groups is 3. The SMILES string of the molecule is CC(C)C(NC(=O)c1ccco1)C(=O)Nc1ccc(C(=O)NC2CC2)cc1. The highest BCUT2D eigenvalue weighted by Crippen LogP contribution is 2.20. The smallest absolute Gasteiger partial charge is 0.287 e. The Morgan fingerprint density at radius 1 is 1.04 bits per heavy atom. The van der Waals surface area contributed by atoms with Crippen LogP contribution in [0.15, 0.2) is 47.1 Å². The predicted molar refractivity (Wildman–Crippen MR) is 100 cm³/mol. The van der Waals surface area contributed by atoms with Gasteiger partial charge in [-0.3, -0.25) is 14.4 Å². The van der Waals surface area contributed by atoms with E-state index in [9.17, 15) is 14.4 Å². The summed E-state index contributed by atoms with van der Waals surface area (Å²) in [4.78, 5) is 36.8. The van der Waals surface area contributed by atoms with Crippen LogP contribution in [-0.4, -0.2) is 29.8 Å². The van der Waals surface area contributed by atoms with E-state index in [0.29, 0.717) is 17.3 Å². The van der Waals surface area contributed by atoms with E-state index in [1.165, 1.54) is 12.3 Å². The largest absolute Gasteiger partial charge is 0.459 e. The Kier molecular flexibility index (Phi) is 5.59. The van der Waals surface area contributed by atoms with Gasteiger partial charge in [-0.25, -0.2) is 0 Å². The van der Waals surface area contributed by atoms with Crippen LogP contribution < -0.4 is 16.0 Å². The van der Waals surface area contributed by atoms with Crippen LogP contribution in [0.2, 0.25) is 0 Å². The lowest BCUT2D eigenvalue weighted by Crippen LogP contribution is -2.47. The van der Waals surface area contributed by atoms with Crippen LogP contribution in [0.4, 0.5) is 5.69 Å². The highest BCUT2D eigenvalue weighted by molar-refractivity contribution is 6.00. The van der Waals surface area contributed by atoms with Crippen LogP contribution in [0.3, 0.4) is 0 Å². The molecule has 3 amide bonds. The number of furan rings is 1. The van der Waals surface area contributed by atoms with E-state index in [0.717, 1.165) is 12.8 Å². The van der Waals surface area contributed by atoms with Gasteiger partial charge in [0.25, 0.3) is 11.8 Å². The van der Waals surface area contributed by atoms with Crippen LogP contribution in [0.1, 0.15) is 47.6 Å². The molecule has 1 unspecified atom stereocenters. The summed E-state index contributed by atoms with van der Waals surface area (Å²) in [6, 6.07) is 9.40. The fourth-order valence-corrected chi connectivity index (χ4v) is 2.58. The van der Waals surface area contributed by atoms with Crippen molar-refractivity contribution in [2.45, 2.75) is 38.8 Å². The Morgan fingerprint density at radius 2 is 1.74 bits per heavy atom. The van der Waals surface area contributed by atoms with Crippen molar-refractivity contribution in [2.75, 3.05) is 5.32 Å². The van der Waals surface area contributed by atoms with Crippen molar-refractivity contribution in [3.63, 3.8) is 0 Å². The molecule has 1 atom stereocenters. The lowest BCUT2D eigenvalue weighted by molar-refractivity contribution is -0.118. The summed E-state index contributed by atoms with van der Waals surface area (Å²) in [5, 5.41) is 8.38. The number of hydrogen-bond acceptors (Lipinski definition) is 4. The third-order valence-electron chi connectivity index (χ3n) is 4.31. The molecule has 0 saturated heterocycles. The number of anilines is 1. The first-order valence-electron chi connectivity index (χ1n) is 9.00. The third-order valence-corrected chi connectivity index (χ3v) is 4.31. The van der Waals surface area contributed by atoms with E-state index in [-0.39, 0.29) is 23.5 Å². The molecule has 7 nitrogen and oxygen atoms in total. The van der Waals surface area contributed by atoms with E-state index in [2.05, 4.69) is 16.0 Å². The van der Waals surface area contributed by atoms with Gasteiger partial charge in [0.1, 0.15) is 6.04 Å². The average Bonchev–Trinajstić information content (AvgIpc) is 3.28. The molecule has 0 radical (unpaired) electrons. The first-order chi connectivity index (χ1) is 12.9. The van der Waals surface area contributed by atoms with Gasteiger partial charge >= 0.3 is 0 Å². The van der Waals surface area contributed by atoms with Gasteiger partial charge in [-0.15, -0.1) is 0 Å². The maximum absolute atomic E-state index is 12.6. The molecule has 1 fully saturated rings. The average molecular weight is 369 g/mol. The van der Waals surface area contributed by atoms with Crippen molar-refractivity contribution in [1.82, 2.24) is 10.6 Å². The van der Waals surface area contributed by atoms with Gasteiger partial charge in [-0.1, -0.05) is 13.8 Å². The summed E-state index contributed by atoms with van der Waals surface area (Å²) in [6.45, 7) is 3.69. The second-order valence-electron chi connectivity index (χ2n) is 6.99. The number of nitrogens with one attached hydrogen (secondary N) is 3. The molecule has 0 aliphatic heterocycles. The first kappa shape index (κ1) is 18.7. The van der Waals surface area contributed by atoms with Gasteiger partial charge in [0, 0.05) is 17.3 Å². The predicted octanol–water partition coefficient (Wildman–Crippen LogP) is 2.56. The van der Waals surface area contributed by atoms with Crippen LogP contribution in [0, 0.1) is 5.92 Å². The fourth-order valence-electron chi connectivity index (χ4n) is 2.58. The van der Waals surface area contributed by atoms with E-state index in [4.69, 9.17) is 4.42 Å². The number of carbonyl (C=O) groups excluding carboxylic acids is 3. The lowest BCUT2D eigenvalue weighted by atomic mass is 10.0. The molecule has 1 aliphatic rings. The van der Waals surface area contributed by atoms with Crippen LogP contribution in [0.5, 0.6) is 0 Å². The molecule has 0 bridgehead atoms. The topological polar surface area (TPSA) is 100 Å². The maximum atomic E-state index is 12.6. The molecule has 3 rings (SSSR count). The van der Waals surface area contributed by atoms with E-state index < -0.39 is 11.9 Å². The van der Waals surface area contributed by atoms with Gasteiger partial charge in [0.15, 0.2) is 5.76 Å². The molecular formula is C20H23N3O4. The summed E-state index contributed by atoms with van der Waals surface area (Å²) in [6.07, 6.45) is 3.46. The van der Waals surface area contributed by atoms with Crippen molar-refractivity contribution >= 4 is 23.4 Å². The Morgan fingerprint density at radius 3 is 2.30 bits per heavy atom. The molecule has 1 heterocycles. The minimum Gasteiger partial charge on any atom is -0.459 e. The van der Waals surface area contributed by atoms with Gasteiger partial charge < -0.3 is 20.4 Å². The fraction of sp³-hybridized carbons (Fsp3) is 0.350. The number of hydrogen-bond donors (Lipinski definition) is 3. The molecule has 1 aromatic heterocycles. The standard InChI is InChI=1S/C20H23N3O4/c1-12(2)17(23-19(25)16-4-3-11-27-16)20(26)22-14-7-5-13(6-8-14)18(24)21-15-9-10-15/h3-8,11-12,15,17H,9-10H2,1-2H3,(H,21,24)(H,22,26)(H,23,25). The second-order valence-corrected chi connectivity index (χ2v) is 6.99. The highest BCUT2D eigenvalue weighted by atomic mass is 16.3. The minimum atomic E-state index is -0.722.